The molecule has 17 heavy (non-hydrogen) atoms. The lowest BCUT2D eigenvalue weighted by molar-refractivity contribution is 0.582. The molecule has 88 valence electrons. The van der Waals surface area contributed by atoms with E-state index in [4.69, 9.17) is 16.0 Å². The fourth-order valence-corrected chi connectivity index (χ4v) is 2.70. The van der Waals surface area contributed by atoms with Crippen LogP contribution in [0.3, 0.4) is 0 Å². The maximum absolute atomic E-state index is 6.34. The molecule has 0 N–H and O–H groups in total. The largest absolute Gasteiger partial charge is 0.464 e. The van der Waals surface area contributed by atoms with Gasteiger partial charge in [0.25, 0.3) is 0 Å². The Kier molecular flexibility index (Phi) is 2.81. The first-order chi connectivity index (χ1) is 8.36. The fourth-order valence-electron chi connectivity index (χ4n) is 2.41. The summed E-state index contributed by atoms with van der Waals surface area (Å²) >= 11 is 6.34. The summed E-state index contributed by atoms with van der Waals surface area (Å²) in [7, 11) is 0. The molecule has 1 aliphatic heterocycles. The smallest absolute Gasteiger partial charge is 0.135 e. The van der Waals surface area contributed by atoms with Gasteiger partial charge in [0.15, 0.2) is 0 Å². The number of para-hydroxylation sites is 1. The van der Waals surface area contributed by atoms with Gasteiger partial charge in [0.1, 0.15) is 5.76 Å². The maximum atomic E-state index is 6.34. The number of benzene rings is 1. The molecule has 1 fully saturated rings. The Morgan fingerprint density at radius 1 is 1.06 bits per heavy atom. The summed E-state index contributed by atoms with van der Waals surface area (Å²) < 4.78 is 5.49. The van der Waals surface area contributed by atoms with Gasteiger partial charge in [-0.25, -0.2) is 0 Å². The van der Waals surface area contributed by atoms with Crippen molar-refractivity contribution in [2.24, 2.45) is 0 Å². The summed E-state index contributed by atoms with van der Waals surface area (Å²) in [5.41, 5.74) is 2.20. The van der Waals surface area contributed by atoms with E-state index in [1.165, 1.54) is 12.8 Å². The molecule has 2 heterocycles. The van der Waals surface area contributed by atoms with Crippen LogP contribution in [0.25, 0.3) is 11.3 Å². The van der Waals surface area contributed by atoms with E-state index in [-0.39, 0.29) is 0 Å². The van der Waals surface area contributed by atoms with Crippen LogP contribution in [0, 0.1) is 0 Å². The standard InChI is InChI=1S/C14H14ClNO/c15-12-6-3-5-11(13-7-4-10-17-13)14(12)16-8-1-2-9-16/h3-7,10H,1-2,8-9H2. The van der Waals surface area contributed by atoms with Crippen molar-refractivity contribution in [3.8, 4) is 11.3 Å². The van der Waals surface area contributed by atoms with Gasteiger partial charge in [0.2, 0.25) is 0 Å². The SMILES string of the molecule is Clc1cccc(-c2ccco2)c1N1CCCC1. The summed E-state index contributed by atoms with van der Waals surface area (Å²) in [6.45, 7) is 2.16. The minimum atomic E-state index is 0.806. The van der Waals surface area contributed by atoms with E-state index in [0.717, 1.165) is 35.1 Å². The molecule has 3 rings (SSSR count). The van der Waals surface area contributed by atoms with E-state index in [9.17, 15) is 0 Å². The first-order valence-electron chi connectivity index (χ1n) is 5.93. The molecule has 0 saturated carbocycles. The second-order valence-electron chi connectivity index (χ2n) is 4.31. The third kappa shape index (κ3) is 1.93. The molecule has 1 aromatic carbocycles. The molecule has 0 aliphatic carbocycles. The normalized spacial score (nSPS) is 15.5. The van der Waals surface area contributed by atoms with Crippen molar-refractivity contribution in [3.05, 3.63) is 41.6 Å². The lowest BCUT2D eigenvalue weighted by Gasteiger charge is -2.21. The fraction of sp³-hybridized carbons (Fsp3) is 0.286. The van der Waals surface area contributed by atoms with Crippen molar-refractivity contribution in [2.45, 2.75) is 12.8 Å². The summed E-state index contributed by atoms with van der Waals surface area (Å²) in [6.07, 6.45) is 4.18. The predicted octanol–water partition coefficient (Wildman–Crippen LogP) is 4.20. The van der Waals surface area contributed by atoms with Gasteiger partial charge in [-0.3, -0.25) is 0 Å². The van der Waals surface area contributed by atoms with Gasteiger partial charge in [-0.15, -0.1) is 0 Å². The molecule has 0 atom stereocenters. The van der Waals surface area contributed by atoms with Gasteiger partial charge < -0.3 is 9.32 Å². The minimum Gasteiger partial charge on any atom is -0.464 e. The van der Waals surface area contributed by atoms with Crippen LogP contribution in [0.5, 0.6) is 0 Å². The number of hydrogen-bond donors (Lipinski definition) is 0. The zero-order valence-electron chi connectivity index (χ0n) is 9.53. The molecule has 0 amide bonds. The number of anilines is 1. The number of nitrogens with zero attached hydrogens (tertiary/aromatic N) is 1. The molecule has 0 radical (unpaired) electrons. The molecule has 0 unspecified atom stereocenters. The maximum Gasteiger partial charge on any atom is 0.135 e. The third-order valence-electron chi connectivity index (χ3n) is 3.20. The molecule has 0 spiro atoms. The van der Waals surface area contributed by atoms with Crippen molar-refractivity contribution in [3.63, 3.8) is 0 Å². The highest BCUT2D eigenvalue weighted by Gasteiger charge is 2.20. The zero-order chi connectivity index (χ0) is 11.7. The average Bonchev–Trinajstić information content (AvgIpc) is 3.02. The minimum absolute atomic E-state index is 0.806. The topological polar surface area (TPSA) is 16.4 Å². The highest BCUT2D eigenvalue weighted by Crippen LogP contribution is 2.38. The zero-order valence-corrected chi connectivity index (χ0v) is 10.3. The Labute approximate surface area is 106 Å². The van der Waals surface area contributed by atoms with Crippen molar-refractivity contribution in [1.29, 1.82) is 0 Å². The first-order valence-corrected chi connectivity index (χ1v) is 6.31. The molecule has 1 aromatic heterocycles. The van der Waals surface area contributed by atoms with E-state index < -0.39 is 0 Å². The quantitative estimate of drug-likeness (QED) is 0.791. The lowest BCUT2D eigenvalue weighted by Crippen LogP contribution is -2.18. The van der Waals surface area contributed by atoms with Crippen LogP contribution in [0.4, 0.5) is 5.69 Å². The summed E-state index contributed by atoms with van der Waals surface area (Å²) in [6, 6.07) is 9.87. The van der Waals surface area contributed by atoms with Crippen molar-refractivity contribution in [2.75, 3.05) is 18.0 Å². The van der Waals surface area contributed by atoms with Crippen LogP contribution < -0.4 is 4.90 Å². The van der Waals surface area contributed by atoms with E-state index >= 15 is 0 Å². The van der Waals surface area contributed by atoms with Crippen LogP contribution >= 0.6 is 11.6 Å². The van der Waals surface area contributed by atoms with Crippen molar-refractivity contribution in [1.82, 2.24) is 0 Å². The van der Waals surface area contributed by atoms with Gasteiger partial charge in [0, 0.05) is 18.7 Å². The molecular formula is C14H14ClNO. The monoisotopic (exact) mass is 247 g/mol. The highest BCUT2D eigenvalue weighted by atomic mass is 35.5. The number of hydrogen-bond acceptors (Lipinski definition) is 2. The van der Waals surface area contributed by atoms with Gasteiger partial charge in [-0.1, -0.05) is 17.7 Å². The van der Waals surface area contributed by atoms with Gasteiger partial charge in [-0.05, 0) is 37.1 Å². The molecule has 2 nitrogen and oxygen atoms in total. The number of furan rings is 1. The predicted molar refractivity (Wildman–Crippen MR) is 70.6 cm³/mol. The van der Waals surface area contributed by atoms with Crippen LogP contribution in [-0.4, -0.2) is 13.1 Å². The van der Waals surface area contributed by atoms with E-state index in [0.29, 0.717) is 0 Å². The summed E-state index contributed by atoms with van der Waals surface area (Å²) in [5, 5.41) is 0.806. The third-order valence-corrected chi connectivity index (χ3v) is 3.50. The van der Waals surface area contributed by atoms with Crippen LogP contribution in [0.15, 0.2) is 41.0 Å². The Morgan fingerprint density at radius 2 is 1.88 bits per heavy atom. The Bertz CT molecular complexity index is 501. The van der Waals surface area contributed by atoms with Crippen molar-refractivity contribution >= 4 is 17.3 Å². The second kappa shape index (κ2) is 4.46. The van der Waals surface area contributed by atoms with Crippen LogP contribution in [-0.2, 0) is 0 Å². The average molecular weight is 248 g/mol. The number of rotatable bonds is 2. The molecule has 0 bridgehead atoms. The van der Waals surface area contributed by atoms with Gasteiger partial charge in [0.05, 0.1) is 17.0 Å². The Morgan fingerprint density at radius 3 is 2.59 bits per heavy atom. The first kappa shape index (κ1) is 10.7. The van der Waals surface area contributed by atoms with Crippen LogP contribution in [0.2, 0.25) is 5.02 Å². The second-order valence-corrected chi connectivity index (χ2v) is 4.71. The Balaban J connectivity index is 2.11. The van der Waals surface area contributed by atoms with Crippen molar-refractivity contribution < 1.29 is 4.42 Å². The van der Waals surface area contributed by atoms with E-state index in [2.05, 4.69) is 11.0 Å². The molecule has 1 saturated heterocycles. The van der Waals surface area contributed by atoms with Gasteiger partial charge >= 0.3 is 0 Å². The van der Waals surface area contributed by atoms with E-state index in [1.807, 2.05) is 24.3 Å². The van der Waals surface area contributed by atoms with Gasteiger partial charge in [-0.2, -0.15) is 0 Å². The highest BCUT2D eigenvalue weighted by molar-refractivity contribution is 6.34. The molecule has 1 aliphatic rings. The summed E-state index contributed by atoms with van der Waals surface area (Å²) in [5.74, 6) is 0.884. The Hall–Kier alpha value is -1.41. The number of halogens is 1. The lowest BCUT2D eigenvalue weighted by atomic mass is 10.1. The van der Waals surface area contributed by atoms with E-state index in [1.54, 1.807) is 6.26 Å². The molecular weight excluding hydrogens is 234 g/mol. The van der Waals surface area contributed by atoms with Crippen LogP contribution in [0.1, 0.15) is 12.8 Å². The molecule has 3 heteroatoms. The summed E-state index contributed by atoms with van der Waals surface area (Å²) in [4.78, 5) is 2.35. The molecule has 2 aromatic rings.